The summed E-state index contributed by atoms with van der Waals surface area (Å²) in [6, 6.07) is 6.75. The Balaban J connectivity index is 2.46. The van der Waals surface area contributed by atoms with Crippen LogP contribution in [-0.4, -0.2) is 0 Å². The van der Waals surface area contributed by atoms with Gasteiger partial charge in [-0.3, -0.25) is 0 Å². The lowest BCUT2D eigenvalue weighted by molar-refractivity contribution is 0.608. The van der Waals surface area contributed by atoms with Crippen LogP contribution in [0.2, 0.25) is 0 Å². The Bertz CT molecular complexity index is 459. The second-order valence-electron chi connectivity index (χ2n) is 5.27. The Hall–Kier alpha value is -1.30. The number of allylic oxidation sites excluding steroid dienone is 4. The molecule has 0 amide bonds. The molecule has 0 heterocycles. The van der Waals surface area contributed by atoms with Gasteiger partial charge in [0.05, 0.1) is 0 Å². The second kappa shape index (κ2) is 3.93. The molecule has 0 heteroatoms. The first-order chi connectivity index (χ1) is 7.51. The molecular formula is C16H20. The van der Waals surface area contributed by atoms with Gasteiger partial charge in [-0.15, -0.1) is 0 Å². The molecule has 0 aliphatic heterocycles. The van der Waals surface area contributed by atoms with Crippen molar-refractivity contribution in [2.75, 3.05) is 0 Å². The summed E-state index contributed by atoms with van der Waals surface area (Å²) < 4.78 is 0. The van der Waals surface area contributed by atoms with E-state index in [0.717, 1.165) is 6.42 Å². The van der Waals surface area contributed by atoms with Crippen LogP contribution < -0.4 is 0 Å². The van der Waals surface area contributed by atoms with E-state index in [0.29, 0.717) is 0 Å². The zero-order valence-electron chi connectivity index (χ0n) is 10.7. The number of hydrogen-bond donors (Lipinski definition) is 0. The quantitative estimate of drug-likeness (QED) is 0.678. The van der Waals surface area contributed by atoms with Gasteiger partial charge in [0.2, 0.25) is 0 Å². The van der Waals surface area contributed by atoms with E-state index in [1.165, 1.54) is 22.3 Å². The minimum absolute atomic E-state index is 0.152. The van der Waals surface area contributed by atoms with Gasteiger partial charge in [0.1, 0.15) is 0 Å². The van der Waals surface area contributed by atoms with Crippen molar-refractivity contribution in [2.24, 2.45) is 0 Å². The third-order valence-electron chi connectivity index (χ3n) is 3.64. The Morgan fingerprint density at radius 2 is 1.88 bits per heavy atom. The molecular weight excluding hydrogens is 192 g/mol. The van der Waals surface area contributed by atoms with Crippen molar-refractivity contribution in [3.63, 3.8) is 0 Å². The van der Waals surface area contributed by atoms with Gasteiger partial charge in [0, 0.05) is 5.41 Å². The number of aryl methyl sites for hydroxylation is 2. The van der Waals surface area contributed by atoms with E-state index >= 15 is 0 Å². The first kappa shape index (κ1) is 11.2. The van der Waals surface area contributed by atoms with Crippen LogP contribution in [0, 0.1) is 13.8 Å². The highest BCUT2D eigenvalue weighted by atomic mass is 14.3. The number of rotatable bonds is 2. The smallest absolute Gasteiger partial charge is 0.0114 e. The van der Waals surface area contributed by atoms with E-state index in [1.807, 2.05) is 0 Å². The van der Waals surface area contributed by atoms with Crippen LogP contribution in [0.15, 0.2) is 42.0 Å². The Labute approximate surface area is 98.7 Å². The SMILES string of the molecule is Cc1ccc(C)c(C(C)(C)C2=CC=CC2)c1. The summed E-state index contributed by atoms with van der Waals surface area (Å²) in [5, 5.41) is 0. The topological polar surface area (TPSA) is 0 Å². The van der Waals surface area contributed by atoms with Gasteiger partial charge in [-0.05, 0) is 31.4 Å². The van der Waals surface area contributed by atoms with Crippen molar-refractivity contribution < 1.29 is 0 Å². The highest BCUT2D eigenvalue weighted by Crippen LogP contribution is 2.37. The lowest BCUT2D eigenvalue weighted by Crippen LogP contribution is -2.21. The van der Waals surface area contributed by atoms with Gasteiger partial charge >= 0.3 is 0 Å². The van der Waals surface area contributed by atoms with Gasteiger partial charge in [-0.25, -0.2) is 0 Å². The average molecular weight is 212 g/mol. The van der Waals surface area contributed by atoms with Gasteiger partial charge in [0.25, 0.3) is 0 Å². The van der Waals surface area contributed by atoms with Crippen molar-refractivity contribution >= 4 is 0 Å². The molecule has 0 bridgehead atoms. The Kier molecular flexibility index (Phi) is 2.75. The third-order valence-corrected chi connectivity index (χ3v) is 3.64. The standard InChI is InChI=1S/C16H20/c1-12-9-10-13(2)15(11-12)16(3,4)14-7-5-6-8-14/h5-7,9-11H,8H2,1-4H3. The van der Waals surface area contributed by atoms with E-state index in [2.05, 4.69) is 64.1 Å². The predicted octanol–water partition coefficient (Wildman–Crippen LogP) is 4.47. The van der Waals surface area contributed by atoms with Crippen LogP contribution in [0.25, 0.3) is 0 Å². The molecule has 1 aliphatic rings. The maximum Gasteiger partial charge on any atom is 0.0114 e. The summed E-state index contributed by atoms with van der Waals surface area (Å²) in [6.45, 7) is 9.03. The molecule has 0 fully saturated rings. The Morgan fingerprint density at radius 3 is 2.50 bits per heavy atom. The van der Waals surface area contributed by atoms with Crippen molar-refractivity contribution in [2.45, 2.75) is 39.5 Å². The van der Waals surface area contributed by atoms with Gasteiger partial charge in [-0.2, -0.15) is 0 Å². The molecule has 0 radical (unpaired) electrons. The summed E-state index contributed by atoms with van der Waals surface area (Å²) >= 11 is 0. The lowest BCUT2D eigenvalue weighted by atomic mass is 9.75. The largest absolute Gasteiger partial charge is 0.0804 e. The molecule has 0 saturated carbocycles. The maximum atomic E-state index is 2.33. The maximum absolute atomic E-state index is 2.33. The second-order valence-corrected chi connectivity index (χ2v) is 5.27. The molecule has 0 unspecified atom stereocenters. The van der Waals surface area contributed by atoms with E-state index in [4.69, 9.17) is 0 Å². The molecule has 2 rings (SSSR count). The van der Waals surface area contributed by atoms with Gasteiger partial charge < -0.3 is 0 Å². The molecule has 0 aromatic heterocycles. The highest BCUT2D eigenvalue weighted by molar-refractivity contribution is 5.44. The fourth-order valence-corrected chi connectivity index (χ4v) is 2.49. The van der Waals surface area contributed by atoms with Crippen LogP contribution >= 0.6 is 0 Å². The molecule has 1 aromatic rings. The van der Waals surface area contributed by atoms with Crippen LogP contribution in [0.5, 0.6) is 0 Å². The van der Waals surface area contributed by atoms with Crippen LogP contribution in [-0.2, 0) is 5.41 Å². The van der Waals surface area contributed by atoms with Crippen molar-refractivity contribution in [1.82, 2.24) is 0 Å². The molecule has 0 N–H and O–H groups in total. The fraction of sp³-hybridized carbons (Fsp3) is 0.375. The monoisotopic (exact) mass is 212 g/mol. The molecule has 84 valence electrons. The molecule has 0 saturated heterocycles. The third kappa shape index (κ3) is 1.84. The minimum Gasteiger partial charge on any atom is -0.0804 e. The molecule has 0 atom stereocenters. The summed E-state index contributed by atoms with van der Waals surface area (Å²) in [6.07, 6.45) is 7.77. The lowest BCUT2D eigenvalue weighted by Gasteiger charge is -2.29. The van der Waals surface area contributed by atoms with Crippen molar-refractivity contribution in [3.8, 4) is 0 Å². The summed E-state index contributed by atoms with van der Waals surface area (Å²) in [4.78, 5) is 0. The molecule has 1 aliphatic carbocycles. The molecule has 16 heavy (non-hydrogen) atoms. The van der Waals surface area contributed by atoms with Crippen molar-refractivity contribution in [3.05, 3.63) is 58.7 Å². The Morgan fingerprint density at radius 1 is 1.12 bits per heavy atom. The summed E-state index contributed by atoms with van der Waals surface area (Å²) in [7, 11) is 0. The van der Waals surface area contributed by atoms with Crippen LogP contribution in [0.3, 0.4) is 0 Å². The van der Waals surface area contributed by atoms with Crippen LogP contribution in [0.1, 0.15) is 37.0 Å². The van der Waals surface area contributed by atoms with Crippen LogP contribution in [0.4, 0.5) is 0 Å². The molecule has 1 aromatic carbocycles. The number of hydrogen-bond acceptors (Lipinski definition) is 0. The highest BCUT2D eigenvalue weighted by Gasteiger charge is 2.27. The predicted molar refractivity (Wildman–Crippen MR) is 70.8 cm³/mol. The van der Waals surface area contributed by atoms with E-state index in [9.17, 15) is 0 Å². The normalized spacial score (nSPS) is 15.4. The zero-order valence-corrected chi connectivity index (χ0v) is 10.7. The zero-order chi connectivity index (χ0) is 11.8. The first-order valence-corrected chi connectivity index (χ1v) is 5.96. The average Bonchev–Trinajstić information content (AvgIpc) is 2.75. The van der Waals surface area contributed by atoms with Crippen molar-refractivity contribution in [1.29, 1.82) is 0 Å². The van der Waals surface area contributed by atoms with E-state index in [-0.39, 0.29) is 5.41 Å². The summed E-state index contributed by atoms with van der Waals surface area (Å²) in [5.41, 5.74) is 5.87. The first-order valence-electron chi connectivity index (χ1n) is 5.96. The summed E-state index contributed by atoms with van der Waals surface area (Å²) in [5.74, 6) is 0. The van der Waals surface area contributed by atoms with E-state index < -0.39 is 0 Å². The number of benzene rings is 1. The minimum atomic E-state index is 0.152. The molecule has 0 spiro atoms. The van der Waals surface area contributed by atoms with E-state index in [1.54, 1.807) is 0 Å². The van der Waals surface area contributed by atoms with Gasteiger partial charge in [0.15, 0.2) is 0 Å². The fourth-order valence-electron chi connectivity index (χ4n) is 2.49. The van der Waals surface area contributed by atoms with Gasteiger partial charge in [-0.1, -0.05) is 61.4 Å². The molecule has 0 nitrogen and oxygen atoms in total.